The first-order valence-electron chi connectivity index (χ1n) is 5.40. The average Bonchev–Trinajstić information content (AvgIpc) is 2.09. The number of nitrogens with zero attached hydrogens (tertiary/aromatic N) is 1. The van der Waals surface area contributed by atoms with Crippen LogP contribution in [0.25, 0.3) is 0 Å². The lowest BCUT2D eigenvalue weighted by molar-refractivity contribution is -0.143. The van der Waals surface area contributed by atoms with E-state index in [1.807, 2.05) is 20.9 Å². The van der Waals surface area contributed by atoms with Crippen molar-refractivity contribution in [1.29, 1.82) is 0 Å². The van der Waals surface area contributed by atoms with E-state index in [0.717, 1.165) is 19.4 Å². The van der Waals surface area contributed by atoms with Crippen molar-refractivity contribution in [3.63, 3.8) is 0 Å². The van der Waals surface area contributed by atoms with Crippen LogP contribution in [0.3, 0.4) is 0 Å². The van der Waals surface area contributed by atoms with Gasteiger partial charge in [-0.25, -0.2) is 0 Å². The maximum Gasteiger partial charge on any atom is 0.308 e. The lowest BCUT2D eigenvalue weighted by Gasteiger charge is -2.23. The maximum absolute atomic E-state index is 10.9. The summed E-state index contributed by atoms with van der Waals surface area (Å²) >= 11 is 0. The van der Waals surface area contributed by atoms with Gasteiger partial charge in [-0.15, -0.1) is 0 Å². The summed E-state index contributed by atoms with van der Waals surface area (Å²) in [6.45, 7) is 7.73. The summed E-state index contributed by atoms with van der Waals surface area (Å²) in [5.41, 5.74) is 0. The molecule has 0 rings (SSSR count). The molecule has 1 unspecified atom stereocenters. The normalized spacial score (nSPS) is 13.6. The standard InChI is InChI=1S/C11H23NO2/c1-5-6-7-12(4)8-10(9(2)3)11(13)14/h9-10H,5-8H2,1-4H3,(H,13,14). The average molecular weight is 201 g/mol. The van der Waals surface area contributed by atoms with E-state index in [4.69, 9.17) is 5.11 Å². The van der Waals surface area contributed by atoms with Crippen molar-refractivity contribution in [2.45, 2.75) is 33.6 Å². The molecule has 0 saturated heterocycles. The predicted molar refractivity (Wildman–Crippen MR) is 58.4 cm³/mol. The van der Waals surface area contributed by atoms with Crippen molar-refractivity contribution in [2.75, 3.05) is 20.1 Å². The molecule has 0 aliphatic heterocycles. The lowest BCUT2D eigenvalue weighted by atomic mass is 9.95. The molecule has 0 aromatic rings. The van der Waals surface area contributed by atoms with Gasteiger partial charge in [0.2, 0.25) is 0 Å². The van der Waals surface area contributed by atoms with E-state index in [-0.39, 0.29) is 11.8 Å². The maximum atomic E-state index is 10.9. The molecular weight excluding hydrogens is 178 g/mol. The molecule has 1 N–H and O–H groups in total. The van der Waals surface area contributed by atoms with Gasteiger partial charge in [0.05, 0.1) is 5.92 Å². The number of unbranched alkanes of at least 4 members (excludes halogenated alkanes) is 1. The van der Waals surface area contributed by atoms with Crippen molar-refractivity contribution in [1.82, 2.24) is 4.90 Å². The van der Waals surface area contributed by atoms with Crippen molar-refractivity contribution < 1.29 is 9.90 Å². The zero-order valence-electron chi connectivity index (χ0n) is 9.79. The summed E-state index contributed by atoms with van der Waals surface area (Å²) in [6.07, 6.45) is 2.30. The van der Waals surface area contributed by atoms with E-state index in [1.165, 1.54) is 0 Å². The number of carboxylic acids is 1. The van der Waals surface area contributed by atoms with Crippen LogP contribution < -0.4 is 0 Å². The third-order valence-electron chi connectivity index (χ3n) is 2.52. The highest BCUT2D eigenvalue weighted by atomic mass is 16.4. The number of carboxylic acid groups (broad SMARTS) is 1. The quantitative estimate of drug-likeness (QED) is 0.685. The number of hydrogen-bond acceptors (Lipinski definition) is 2. The summed E-state index contributed by atoms with van der Waals surface area (Å²) < 4.78 is 0. The third kappa shape index (κ3) is 5.22. The van der Waals surface area contributed by atoms with E-state index in [0.29, 0.717) is 6.54 Å². The van der Waals surface area contributed by atoms with Crippen molar-refractivity contribution >= 4 is 5.97 Å². The van der Waals surface area contributed by atoms with Crippen LogP contribution in [0, 0.1) is 11.8 Å². The van der Waals surface area contributed by atoms with Gasteiger partial charge in [0.15, 0.2) is 0 Å². The SMILES string of the molecule is CCCCN(C)CC(C(=O)O)C(C)C. The first kappa shape index (κ1) is 13.4. The number of rotatable bonds is 7. The molecule has 0 aromatic carbocycles. The molecule has 0 amide bonds. The van der Waals surface area contributed by atoms with Crippen LogP contribution in [0.15, 0.2) is 0 Å². The number of hydrogen-bond donors (Lipinski definition) is 1. The Labute approximate surface area is 87.1 Å². The van der Waals surface area contributed by atoms with Gasteiger partial charge >= 0.3 is 5.97 Å². The fourth-order valence-corrected chi connectivity index (χ4v) is 1.43. The van der Waals surface area contributed by atoms with Crippen molar-refractivity contribution in [2.24, 2.45) is 11.8 Å². The zero-order valence-corrected chi connectivity index (χ0v) is 9.79. The Kier molecular flexibility index (Phi) is 6.54. The van der Waals surface area contributed by atoms with Gasteiger partial charge in [-0.05, 0) is 25.9 Å². The second kappa shape index (κ2) is 6.82. The summed E-state index contributed by atoms with van der Waals surface area (Å²) in [5.74, 6) is -0.711. The van der Waals surface area contributed by atoms with Gasteiger partial charge in [0.25, 0.3) is 0 Å². The largest absolute Gasteiger partial charge is 0.481 e. The first-order chi connectivity index (χ1) is 6.49. The molecule has 14 heavy (non-hydrogen) atoms. The summed E-state index contributed by atoms with van der Waals surface area (Å²) in [5, 5.41) is 8.99. The molecule has 0 aliphatic carbocycles. The van der Waals surface area contributed by atoms with Crippen LogP contribution in [0.5, 0.6) is 0 Å². The molecule has 0 fully saturated rings. The van der Waals surface area contributed by atoms with Gasteiger partial charge < -0.3 is 10.0 Å². The van der Waals surface area contributed by atoms with Crippen LogP contribution in [0.1, 0.15) is 33.6 Å². The topological polar surface area (TPSA) is 40.5 Å². The minimum Gasteiger partial charge on any atom is -0.481 e. The molecule has 0 spiro atoms. The zero-order chi connectivity index (χ0) is 11.1. The number of aliphatic carboxylic acids is 1. The van der Waals surface area contributed by atoms with Crippen LogP contribution in [0.4, 0.5) is 0 Å². The van der Waals surface area contributed by atoms with E-state index in [2.05, 4.69) is 11.8 Å². The Morgan fingerprint density at radius 3 is 2.36 bits per heavy atom. The highest BCUT2D eigenvalue weighted by Gasteiger charge is 2.22. The Bertz CT molecular complexity index is 169. The highest BCUT2D eigenvalue weighted by molar-refractivity contribution is 5.70. The van der Waals surface area contributed by atoms with Crippen LogP contribution in [-0.2, 0) is 4.79 Å². The van der Waals surface area contributed by atoms with Gasteiger partial charge in [0, 0.05) is 6.54 Å². The van der Waals surface area contributed by atoms with E-state index >= 15 is 0 Å². The Balaban J connectivity index is 3.96. The van der Waals surface area contributed by atoms with Gasteiger partial charge in [0.1, 0.15) is 0 Å². The smallest absolute Gasteiger partial charge is 0.308 e. The molecule has 0 aliphatic rings. The second-order valence-corrected chi connectivity index (χ2v) is 4.30. The second-order valence-electron chi connectivity index (χ2n) is 4.30. The molecule has 84 valence electrons. The summed E-state index contributed by atoms with van der Waals surface area (Å²) in [4.78, 5) is 13.0. The van der Waals surface area contributed by atoms with Crippen LogP contribution >= 0.6 is 0 Å². The lowest BCUT2D eigenvalue weighted by Crippen LogP contribution is -2.34. The fraction of sp³-hybridized carbons (Fsp3) is 0.909. The van der Waals surface area contributed by atoms with E-state index in [9.17, 15) is 4.79 Å². The molecular formula is C11H23NO2. The molecule has 0 radical (unpaired) electrons. The third-order valence-corrected chi connectivity index (χ3v) is 2.52. The summed E-state index contributed by atoms with van der Waals surface area (Å²) in [7, 11) is 1.99. The Morgan fingerprint density at radius 2 is 2.00 bits per heavy atom. The molecule has 0 saturated carbocycles. The van der Waals surface area contributed by atoms with Crippen LogP contribution in [-0.4, -0.2) is 36.1 Å². The monoisotopic (exact) mass is 201 g/mol. The van der Waals surface area contributed by atoms with Crippen LogP contribution in [0.2, 0.25) is 0 Å². The Hall–Kier alpha value is -0.570. The Morgan fingerprint density at radius 1 is 1.43 bits per heavy atom. The molecule has 3 heteroatoms. The molecule has 3 nitrogen and oxygen atoms in total. The minimum absolute atomic E-state index is 0.205. The van der Waals surface area contributed by atoms with E-state index < -0.39 is 5.97 Å². The van der Waals surface area contributed by atoms with Gasteiger partial charge in [-0.3, -0.25) is 4.79 Å². The van der Waals surface area contributed by atoms with E-state index in [1.54, 1.807) is 0 Å². The number of carbonyl (C=O) groups is 1. The molecule has 0 bridgehead atoms. The molecule has 1 atom stereocenters. The van der Waals surface area contributed by atoms with Gasteiger partial charge in [-0.1, -0.05) is 27.2 Å². The fourth-order valence-electron chi connectivity index (χ4n) is 1.43. The van der Waals surface area contributed by atoms with Crippen molar-refractivity contribution in [3.8, 4) is 0 Å². The molecule has 0 heterocycles. The predicted octanol–water partition coefficient (Wildman–Crippen LogP) is 2.08. The molecule has 0 aromatic heterocycles. The van der Waals surface area contributed by atoms with Crippen molar-refractivity contribution in [3.05, 3.63) is 0 Å². The highest BCUT2D eigenvalue weighted by Crippen LogP contribution is 2.12. The van der Waals surface area contributed by atoms with Gasteiger partial charge in [-0.2, -0.15) is 0 Å². The first-order valence-corrected chi connectivity index (χ1v) is 5.40. The minimum atomic E-state index is -0.677. The summed E-state index contributed by atoms with van der Waals surface area (Å²) in [6, 6.07) is 0.